The zero-order valence-corrected chi connectivity index (χ0v) is 21.2. The van der Waals surface area contributed by atoms with Crippen LogP contribution in [0.4, 0.5) is 5.69 Å². The summed E-state index contributed by atoms with van der Waals surface area (Å²) >= 11 is 0. The van der Waals surface area contributed by atoms with Gasteiger partial charge in [-0.1, -0.05) is 48.5 Å². The molecule has 0 atom stereocenters. The van der Waals surface area contributed by atoms with Crippen molar-refractivity contribution in [2.45, 2.75) is 20.4 Å². The van der Waals surface area contributed by atoms with Gasteiger partial charge in [-0.25, -0.2) is 13.8 Å². The molecule has 0 aliphatic carbocycles. The number of anilines is 1. The molecule has 0 aliphatic heterocycles. The summed E-state index contributed by atoms with van der Waals surface area (Å²) < 4.78 is 28.1. The molecule has 3 aromatic carbocycles. The van der Waals surface area contributed by atoms with Crippen molar-refractivity contribution in [3.05, 3.63) is 119 Å². The Labute approximate surface area is 211 Å². The van der Waals surface area contributed by atoms with Crippen LogP contribution in [0.25, 0.3) is 5.69 Å². The van der Waals surface area contributed by atoms with Crippen molar-refractivity contribution in [2.75, 3.05) is 10.6 Å². The molecule has 1 amide bonds. The lowest BCUT2D eigenvalue weighted by Crippen LogP contribution is -2.29. The van der Waals surface area contributed by atoms with E-state index in [4.69, 9.17) is 0 Å². The van der Waals surface area contributed by atoms with Crippen molar-refractivity contribution < 1.29 is 13.2 Å². The molecule has 0 saturated heterocycles. The monoisotopic (exact) mass is 500 g/mol. The number of benzene rings is 3. The number of aromatic nitrogens is 1. The zero-order valence-electron chi connectivity index (χ0n) is 20.4. The summed E-state index contributed by atoms with van der Waals surface area (Å²) in [5.74, 6) is -0.349. The average Bonchev–Trinajstić information content (AvgIpc) is 3.15. The van der Waals surface area contributed by atoms with Crippen LogP contribution < -0.4 is 9.73 Å². The second kappa shape index (κ2) is 10.6. The van der Waals surface area contributed by atoms with E-state index >= 15 is 0 Å². The molecule has 0 unspecified atom stereocenters. The number of carbonyl (C=O) groups excluding carboxylic acids is 1. The molecule has 4 aromatic rings. The van der Waals surface area contributed by atoms with E-state index in [9.17, 15) is 13.2 Å². The third-order valence-corrected chi connectivity index (χ3v) is 6.98. The number of hydrazone groups is 1. The van der Waals surface area contributed by atoms with E-state index in [0.717, 1.165) is 28.2 Å². The largest absolute Gasteiger partial charge is 0.318 e. The molecule has 1 aromatic heterocycles. The first-order chi connectivity index (χ1) is 17.2. The first kappa shape index (κ1) is 24.9. The van der Waals surface area contributed by atoms with Crippen molar-refractivity contribution >= 4 is 27.8 Å². The Morgan fingerprint density at radius 1 is 0.944 bits per heavy atom. The van der Waals surface area contributed by atoms with E-state index in [2.05, 4.69) is 15.1 Å². The highest BCUT2D eigenvalue weighted by Crippen LogP contribution is 2.21. The molecule has 0 saturated carbocycles. The van der Waals surface area contributed by atoms with Crippen LogP contribution in [0, 0.1) is 13.8 Å². The molecule has 0 spiro atoms. The first-order valence-electron chi connectivity index (χ1n) is 11.4. The summed E-state index contributed by atoms with van der Waals surface area (Å²) in [5, 5.41) is 4.14. The van der Waals surface area contributed by atoms with Crippen molar-refractivity contribution in [1.82, 2.24) is 9.99 Å². The molecule has 0 aliphatic rings. The first-order valence-corrected chi connectivity index (χ1v) is 13.3. The molecule has 0 radical (unpaired) electrons. The molecule has 0 bridgehead atoms. The third kappa shape index (κ3) is 5.72. The topological polar surface area (TPSA) is 83.8 Å². The maximum Gasteiger partial charge on any atom is 0.271 e. The number of carbonyl (C=O) groups is 1. The SMILES string of the molecule is Cc1cc(/C=N\NC(=O)c2ccc(CN(c3ccccc3)S(C)(=O)=O)cc2)c(C)n1-c1ccccc1. The smallest absolute Gasteiger partial charge is 0.271 e. The van der Waals surface area contributed by atoms with Crippen LogP contribution in [0.3, 0.4) is 0 Å². The number of aryl methyl sites for hydroxylation is 1. The molecule has 4 rings (SSSR count). The average molecular weight is 501 g/mol. The minimum absolute atomic E-state index is 0.167. The Hall–Kier alpha value is -4.17. The predicted octanol–water partition coefficient (Wildman–Crippen LogP) is 4.82. The molecular weight excluding hydrogens is 472 g/mol. The van der Waals surface area contributed by atoms with Gasteiger partial charge in [-0.15, -0.1) is 0 Å². The minimum atomic E-state index is -3.47. The Balaban J connectivity index is 1.43. The third-order valence-electron chi connectivity index (χ3n) is 5.84. The summed E-state index contributed by atoms with van der Waals surface area (Å²) in [5.41, 5.74) is 8.41. The van der Waals surface area contributed by atoms with Crippen LogP contribution in [-0.2, 0) is 16.6 Å². The van der Waals surface area contributed by atoms with Crippen LogP contribution in [0.15, 0.2) is 96.1 Å². The molecule has 1 heterocycles. The number of nitrogens with one attached hydrogen (secondary N) is 1. The second-order valence-corrected chi connectivity index (χ2v) is 10.4. The van der Waals surface area contributed by atoms with Gasteiger partial charge in [0.2, 0.25) is 10.0 Å². The van der Waals surface area contributed by atoms with Crippen LogP contribution in [0.2, 0.25) is 0 Å². The van der Waals surface area contributed by atoms with Gasteiger partial charge in [0.05, 0.1) is 24.7 Å². The van der Waals surface area contributed by atoms with E-state index in [1.807, 2.05) is 56.3 Å². The van der Waals surface area contributed by atoms with Gasteiger partial charge in [-0.05, 0) is 61.9 Å². The van der Waals surface area contributed by atoms with Gasteiger partial charge in [-0.2, -0.15) is 5.10 Å². The second-order valence-electron chi connectivity index (χ2n) is 8.50. The molecule has 8 heteroatoms. The summed E-state index contributed by atoms with van der Waals surface area (Å²) in [6.07, 6.45) is 2.81. The lowest BCUT2D eigenvalue weighted by atomic mass is 10.1. The maximum absolute atomic E-state index is 12.6. The molecule has 1 N–H and O–H groups in total. The molecule has 7 nitrogen and oxygen atoms in total. The van der Waals surface area contributed by atoms with Gasteiger partial charge in [0.1, 0.15) is 0 Å². The van der Waals surface area contributed by atoms with Crippen molar-refractivity contribution in [1.29, 1.82) is 0 Å². The van der Waals surface area contributed by atoms with Gasteiger partial charge >= 0.3 is 0 Å². The Bertz CT molecular complexity index is 1480. The minimum Gasteiger partial charge on any atom is -0.318 e. The summed E-state index contributed by atoms with van der Waals surface area (Å²) in [6, 6.07) is 27.8. The van der Waals surface area contributed by atoms with Gasteiger partial charge < -0.3 is 4.57 Å². The van der Waals surface area contributed by atoms with Crippen LogP contribution >= 0.6 is 0 Å². The van der Waals surface area contributed by atoms with E-state index in [1.54, 1.807) is 54.7 Å². The van der Waals surface area contributed by atoms with Crippen LogP contribution in [0.5, 0.6) is 0 Å². The van der Waals surface area contributed by atoms with E-state index in [1.165, 1.54) is 10.6 Å². The number of nitrogens with zero attached hydrogens (tertiary/aromatic N) is 3. The van der Waals surface area contributed by atoms with Gasteiger partial charge in [0.25, 0.3) is 5.91 Å². The quantitative estimate of drug-likeness (QED) is 0.278. The van der Waals surface area contributed by atoms with E-state index in [-0.39, 0.29) is 12.5 Å². The highest BCUT2D eigenvalue weighted by atomic mass is 32.2. The Morgan fingerprint density at radius 2 is 1.56 bits per heavy atom. The Morgan fingerprint density at radius 3 is 2.17 bits per heavy atom. The van der Waals surface area contributed by atoms with Gasteiger partial charge in [0.15, 0.2) is 0 Å². The van der Waals surface area contributed by atoms with Crippen LogP contribution in [0.1, 0.15) is 32.9 Å². The highest BCUT2D eigenvalue weighted by molar-refractivity contribution is 7.92. The fourth-order valence-corrected chi connectivity index (χ4v) is 4.93. The Kier molecular flexibility index (Phi) is 7.36. The lowest BCUT2D eigenvalue weighted by Gasteiger charge is -2.22. The standard InChI is InChI=1S/C28H28N4O3S/c1-21-18-25(22(2)32(21)27-12-8-5-9-13-27)19-29-30-28(33)24-16-14-23(15-17-24)20-31(36(3,34)35)26-10-6-4-7-11-26/h4-19H,20H2,1-3H3,(H,30,33)/b29-19-. The number of hydrogen-bond acceptors (Lipinski definition) is 4. The van der Waals surface area contributed by atoms with Gasteiger partial charge in [-0.3, -0.25) is 9.10 Å². The van der Waals surface area contributed by atoms with Gasteiger partial charge in [0, 0.05) is 28.2 Å². The number of amides is 1. The fourth-order valence-electron chi connectivity index (χ4n) is 4.04. The molecule has 184 valence electrons. The summed E-state index contributed by atoms with van der Waals surface area (Å²) in [7, 11) is -3.47. The number of para-hydroxylation sites is 2. The van der Waals surface area contributed by atoms with Crippen molar-refractivity contribution in [2.24, 2.45) is 5.10 Å². The van der Waals surface area contributed by atoms with Crippen LogP contribution in [-0.4, -0.2) is 31.4 Å². The van der Waals surface area contributed by atoms with Crippen molar-refractivity contribution in [3.63, 3.8) is 0 Å². The predicted molar refractivity (Wildman–Crippen MR) is 144 cm³/mol. The number of hydrogen-bond donors (Lipinski definition) is 1. The molecule has 36 heavy (non-hydrogen) atoms. The van der Waals surface area contributed by atoms with E-state index in [0.29, 0.717) is 11.3 Å². The lowest BCUT2D eigenvalue weighted by molar-refractivity contribution is 0.0955. The number of sulfonamides is 1. The highest BCUT2D eigenvalue weighted by Gasteiger charge is 2.18. The normalized spacial score (nSPS) is 11.5. The maximum atomic E-state index is 12.6. The summed E-state index contributed by atoms with van der Waals surface area (Å²) in [6.45, 7) is 4.21. The molecular formula is C28H28N4O3S. The number of rotatable bonds is 8. The fraction of sp³-hybridized carbons (Fsp3) is 0.143. The zero-order chi connectivity index (χ0) is 25.7. The van der Waals surface area contributed by atoms with E-state index < -0.39 is 10.0 Å². The molecule has 0 fully saturated rings. The van der Waals surface area contributed by atoms with Crippen molar-refractivity contribution in [3.8, 4) is 5.69 Å². The summed E-state index contributed by atoms with van der Waals surface area (Å²) in [4.78, 5) is 12.6.